The molecule has 0 spiro atoms. The van der Waals surface area contributed by atoms with E-state index in [0.29, 0.717) is 34.4 Å². The first-order chi connectivity index (χ1) is 16.8. The van der Waals surface area contributed by atoms with Gasteiger partial charge >= 0.3 is 0 Å². The average Bonchev–Trinajstić information content (AvgIpc) is 3.53. The lowest BCUT2D eigenvalue weighted by atomic mass is 10.0. The molecular weight excluding hydrogens is 478 g/mol. The van der Waals surface area contributed by atoms with Gasteiger partial charge in [0.25, 0.3) is 18.2 Å². The number of primary amides is 1. The lowest BCUT2D eigenvalue weighted by Crippen LogP contribution is -2.17. The highest BCUT2D eigenvalue weighted by Gasteiger charge is 2.27. The van der Waals surface area contributed by atoms with Crippen LogP contribution in [0.15, 0.2) is 36.9 Å². The summed E-state index contributed by atoms with van der Waals surface area (Å²) in [6.45, 7) is 4.22. The van der Waals surface area contributed by atoms with E-state index in [1.54, 1.807) is 30.1 Å². The number of carbonyl (C=O) groups excluding carboxylic acids is 2. The summed E-state index contributed by atoms with van der Waals surface area (Å²) in [5, 5.41) is 11.6. The van der Waals surface area contributed by atoms with Crippen molar-refractivity contribution in [1.29, 1.82) is 0 Å². The smallest absolute Gasteiger partial charge is 0.280 e. The van der Waals surface area contributed by atoms with E-state index in [9.17, 15) is 18.4 Å². The number of amides is 2. The molecule has 0 aliphatic carbocycles. The molecule has 3 N–H and O–H groups in total. The van der Waals surface area contributed by atoms with Crippen molar-refractivity contribution in [3.05, 3.63) is 58.7 Å². The van der Waals surface area contributed by atoms with E-state index >= 15 is 0 Å². The minimum Gasteiger partial charge on any atom is -0.365 e. The highest BCUT2D eigenvalue weighted by Crippen LogP contribution is 2.43. The molecule has 0 aliphatic heterocycles. The van der Waals surface area contributed by atoms with Crippen LogP contribution in [-0.4, -0.2) is 41.2 Å². The molecule has 0 unspecified atom stereocenters. The molecule has 178 valence electrons. The van der Waals surface area contributed by atoms with Gasteiger partial charge in [-0.05, 0) is 31.5 Å². The predicted octanol–water partition coefficient (Wildman–Crippen LogP) is 3.82. The number of nitrogens with zero attached hydrogens (tertiary/aromatic N) is 6. The number of hydrogen-bond donors (Lipinski definition) is 2. The second-order valence-electron chi connectivity index (χ2n) is 7.63. The Morgan fingerprint density at radius 1 is 1.29 bits per heavy atom. The van der Waals surface area contributed by atoms with Crippen LogP contribution in [0.25, 0.3) is 27.0 Å². The molecule has 0 saturated heterocycles. The van der Waals surface area contributed by atoms with Gasteiger partial charge in [-0.25, -0.2) is 23.3 Å². The van der Waals surface area contributed by atoms with Crippen molar-refractivity contribution in [2.45, 2.75) is 26.8 Å². The summed E-state index contributed by atoms with van der Waals surface area (Å²) in [4.78, 5) is 33.9. The zero-order chi connectivity index (χ0) is 24.9. The number of halogens is 2. The second-order valence-corrected chi connectivity index (χ2v) is 8.63. The predicted molar refractivity (Wildman–Crippen MR) is 126 cm³/mol. The third kappa shape index (κ3) is 3.79. The van der Waals surface area contributed by atoms with Crippen molar-refractivity contribution in [1.82, 2.24) is 29.4 Å². The number of thiophene rings is 1. The number of anilines is 1. The molecule has 5 rings (SSSR count). The molecule has 35 heavy (non-hydrogen) atoms. The molecule has 0 aromatic carbocycles. The van der Waals surface area contributed by atoms with E-state index in [4.69, 9.17) is 5.73 Å². The molecule has 2 amide bonds. The average molecular weight is 497 g/mol. The number of nitrogens with two attached hydrogens (primary N) is 1. The van der Waals surface area contributed by atoms with Crippen molar-refractivity contribution in [3.63, 3.8) is 0 Å². The molecule has 0 saturated carbocycles. The summed E-state index contributed by atoms with van der Waals surface area (Å²) in [5.74, 6) is -1.42. The molecule has 10 nitrogen and oxygen atoms in total. The molecule has 0 aliphatic rings. The van der Waals surface area contributed by atoms with E-state index in [0.717, 1.165) is 11.3 Å². The molecule has 5 aromatic rings. The van der Waals surface area contributed by atoms with Crippen LogP contribution in [0.1, 0.15) is 44.8 Å². The molecule has 0 atom stereocenters. The van der Waals surface area contributed by atoms with Gasteiger partial charge in [-0.2, -0.15) is 10.2 Å². The van der Waals surface area contributed by atoms with Gasteiger partial charge in [0, 0.05) is 36.1 Å². The maximum Gasteiger partial charge on any atom is 0.280 e. The molecular formula is C22H18F2N8O2S. The standard InChI is InChI=1S/C22H18F2N8O2S/c1-3-31-9-13(10(2)30-31)11-7-14(18(23)24)28-22-15(11)16(17(35-22)19(25)33)29-21(34)12-8-27-32-6-4-5-26-20(12)32/h4-9,18H,3H2,1-2H3,(H2,25,33)(H,29,34). The van der Waals surface area contributed by atoms with Gasteiger partial charge in [-0.1, -0.05) is 0 Å². The van der Waals surface area contributed by atoms with E-state index in [1.165, 1.54) is 23.0 Å². The van der Waals surface area contributed by atoms with Crippen LogP contribution in [0.2, 0.25) is 0 Å². The maximum absolute atomic E-state index is 13.7. The molecule has 5 aromatic heterocycles. The van der Waals surface area contributed by atoms with Gasteiger partial charge < -0.3 is 11.1 Å². The minimum absolute atomic E-state index is 0.0153. The largest absolute Gasteiger partial charge is 0.365 e. The number of alkyl halides is 2. The fourth-order valence-corrected chi connectivity index (χ4v) is 4.86. The van der Waals surface area contributed by atoms with Crippen LogP contribution in [0, 0.1) is 6.92 Å². The molecule has 5 heterocycles. The Morgan fingerprint density at radius 3 is 2.77 bits per heavy atom. The number of nitrogens with one attached hydrogen (secondary N) is 1. The van der Waals surface area contributed by atoms with Gasteiger partial charge in [0.1, 0.15) is 21.0 Å². The van der Waals surface area contributed by atoms with Crippen molar-refractivity contribution in [2.75, 3.05) is 5.32 Å². The normalized spacial score (nSPS) is 11.6. The van der Waals surface area contributed by atoms with Crippen molar-refractivity contribution >= 4 is 44.7 Å². The zero-order valence-electron chi connectivity index (χ0n) is 18.5. The van der Waals surface area contributed by atoms with E-state index in [1.807, 2.05) is 6.92 Å². The van der Waals surface area contributed by atoms with E-state index in [2.05, 4.69) is 25.5 Å². The molecule has 0 radical (unpaired) electrons. The van der Waals surface area contributed by atoms with Crippen molar-refractivity contribution in [2.24, 2.45) is 5.73 Å². The third-order valence-corrected chi connectivity index (χ3v) is 6.55. The first kappa shape index (κ1) is 22.5. The first-order valence-electron chi connectivity index (χ1n) is 10.5. The zero-order valence-corrected chi connectivity index (χ0v) is 19.3. The Balaban J connectivity index is 1.74. The lowest BCUT2D eigenvalue weighted by molar-refractivity contribution is 0.100. The van der Waals surface area contributed by atoms with Crippen molar-refractivity contribution < 1.29 is 18.4 Å². The van der Waals surface area contributed by atoms with E-state index in [-0.39, 0.29) is 21.0 Å². The summed E-state index contributed by atoms with van der Waals surface area (Å²) in [6.07, 6.45) is 3.38. The third-order valence-electron chi connectivity index (χ3n) is 5.45. The summed E-state index contributed by atoms with van der Waals surface area (Å²) >= 11 is 0.836. The quantitative estimate of drug-likeness (QED) is 0.367. The Labute approximate surface area is 200 Å². The van der Waals surface area contributed by atoms with Crippen LogP contribution in [-0.2, 0) is 6.54 Å². The highest BCUT2D eigenvalue weighted by atomic mass is 32.1. The molecule has 13 heteroatoms. The number of carbonyl (C=O) groups is 2. The number of fused-ring (bicyclic) bond motifs is 2. The fourth-order valence-electron chi connectivity index (χ4n) is 3.85. The Hall–Kier alpha value is -4.26. The number of aromatic nitrogens is 6. The van der Waals surface area contributed by atoms with Gasteiger partial charge in [0.15, 0.2) is 5.65 Å². The topological polar surface area (TPSA) is 133 Å². The van der Waals surface area contributed by atoms with Crippen LogP contribution < -0.4 is 11.1 Å². The SMILES string of the molecule is CCn1cc(-c2cc(C(F)F)nc3sc(C(N)=O)c(NC(=O)c4cnn5cccnc45)c23)c(C)n1. The van der Waals surface area contributed by atoms with E-state index < -0.39 is 23.9 Å². The summed E-state index contributed by atoms with van der Waals surface area (Å²) < 4.78 is 30.5. The Kier molecular flexibility index (Phi) is 5.47. The van der Waals surface area contributed by atoms with Crippen LogP contribution in [0.3, 0.4) is 0 Å². The van der Waals surface area contributed by atoms with Crippen molar-refractivity contribution in [3.8, 4) is 11.1 Å². The number of rotatable bonds is 6. The van der Waals surface area contributed by atoms with Gasteiger partial charge in [0.2, 0.25) is 0 Å². The number of aryl methyl sites for hydroxylation is 2. The highest BCUT2D eigenvalue weighted by molar-refractivity contribution is 7.21. The lowest BCUT2D eigenvalue weighted by Gasteiger charge is -2.10. The van der Waals surface area contributed by atoms with Crippen LogP contribution >= 0.6 is 11.3 Å². The van der Waals surface area contributed by atoms with Crippen LogP contribution in [0.4, 0.5) is 14.5 Å². The molecule has 0 bridgehead atoms. The summed E-state index contributed by atoms with van der Waals surface area (Å²) in [7, 11) is 0. The first-order valence-corrected chi connectivity index (χ1v) is 11.3. The van der Waals surface area contributed by atoms with Crippen LogP contribution in [0.5, 0.6) is 0 Å². The van der Waals surface area contributed by atoms with Gasteiger partial charge in [0.05, 0.1) is 17.6 Å². The Morgan fingerprint density at radius 2 is 2.09 bits per heavy atom. The second kappa shape index (κ2) is 8.51. The van der Waals surface area contributed by atoms with Gasteiger partial charge in [-0.3, -0.25) is 14.3 Å². The number of pyridine rings is 1. The maximum atomic E-state index is 13.7. The monoisotopic (exact) mass is 496 g/mol. The summed E-state index contributed by atoms with van der Waals surface area (Å²) in [6, 6.07) is 2.91. The summed E-state index contributed by atoms with van der Waals surface area (Å²) in [5.41, 5.74) is 7.23. The fraction of sp³-hybridized carbons (Fsp3) is 0.182. The van der Waals surface area contributed by atoms with Gasteiger partial charge in [-0.15, -0.1) is 11.3 Å². The molecule has 0 fully saturated rings. The Bertz CT molecular complexity index is 1620. The minimum atomic E-state index is -2.85. The number of hydrogen-bond acceptors (Lipinski definition) is 7.